The van der Waals surface area contributed by atoms with Gasteiger partial charge in [0.2, 0.25) is 0 Å². The molecule has 0 aliphatic heterocycles. The average Bonchev–Trinajstić information content (AvgIpc) is 3.16. The van der Waals surface area contributed by atoms with Gasteiger partial charge in [-0.05, 0) is 37.1 Å². The number of halogens is 1. The third-order valence-corrected chi connectivity index (χ3v) is 5.10. The lowest BCUT2D eigenvalue weighted by molar-refractivity contribution is -0.147. The molecule has 0 saturated heterocycles. The summed E-state index contributed by atoms with van der Waals surface area (Å²) in [5.74, 6) is -1.17. The molecule has 0 radical (unpaired) electrons. The quantitative estimate of drug-likeness (QED) is 0.573. The lowest BCUT2D eigenvalue weighted by Crippen LogP contribution is -2.30. The Labute approximate surface area is 172 Å². The van der Waals surface area contributed by atoms with Gasteiger partial charge in [0.25, 0.3) is 5.91 Å². The minimum atomic E-state index is -0.500. The van der Waals surface area contributed by atoms with Crippen molar-refractivity contribution in [2.75, 3.05) is 13.2 Å². The van der Waals surface area contributed by atoms with Gasteiger partial charge in [0.05, 0.1) is 12.1 Å². The van der Waals surface area contributed by atoms with Crippen LogP contribution in [0, 0.1) is 12.7 Å². The Hall–Kier alpha value is -3.06. The minimum Gasteiger partial charge on any atom is -0.455 e. The average molecular weight is 412 g/mol. The summed E-state index contributed by atoms with van der Waals surface area (Å²) < 4.78 is 17.9. The van der Waals surface area contributed by atoms with Crippen molar-refractivity contribution in [1.29, 1.82) is 0 Å². The molecular formula is C22H21FN2O3S. The first kappa shape index (κ1) is 20.7. The molecule has 7 heteroatoms. The number of nitrogens with one attached hydrogen (secondary N) is 1. The largest absolute Gasteiger partial charge is 0.455 e. The van der Waals surface area contributed by atoms with E-state index >= 15 is 0 Å². The fraction of sp³-hybridized carbons (Fsp3) is 0.227. The molecule has 0 bridgehead atoms. The van der Waals surface area contributed by atoms with E-state index in [1.165, 1.54) is 23.5 Å². The number of aryl methyl sites for hydroxylation is 1. The fourth-order valence-electron chi connectivity index (χ4n) is 2.69. The molecule has 1 amide bonds. The molecule has 3 aromatic rings. The Morgan fingerprint density at radius 2 is 1.97 bits per heavy atom. The number of aromatic nitrogens is 1. The zero-order valence-corrected chi connectivity index (χ0v) is 16.8. The van der Waals surface area contributed by atoms with Crippen LogP contribution in [0.25, 0.3) is 10.6 Å². The summed E-state index contributed by atoms with van der Waals surface area (Å²) in [6.45, 7) is 2.06. The van der Waals surface area contributed by atoms with Crippen molar-refractivity contribution < 1.29 is 18.7 Å². The smallest absolute Gasteiger partial charge is 0.312 e. The zero-order chi connectivity index (χ0) is 20.6. The number of carbonyl (C=O) groups excluding carboxylic acids is 2. The van der Waals surface area contributed by atoms with E-state index in [9.17, 15) is 14.0 Å². The van der Waals surface area contributed by atoms with Crippen LogP contribution in [0.15, 0.2) is 53.9 Å². The van der Waals surface area contributed by atoms with E-state index < -0.39 is 5.97 Å². The van der Waals surface area contributed by atoms with Gasteiger partial charge >= 0.3 is 5.97 Å². The van der Waals surface area contributed by atoms with Crippen LogP contribution in [0.5, 0.6) is 0 Å². The summed E-state index contributed by atoms with van der Waals surface area (Å²) >= 11 is 1.47. The van der Waals surface area contributed by atoms with Crippen LogP contribution in [0.1, 0.15) is 16.8 Å². The highest BCUT2D eigenvalue weighted by molar-refractivity contribution is 7.13. The molecule has 1 heterocycles. The van der Waals surface area contributed by atoms with Crippen molar-refractivity contribution in [1.82, 2.24) is 10.3 Å². The van der Waals surface area contributed by atoms with E-state index in [1.54, 1.807) is 12.1 Å². The van der Waals surface area contributed by atoms with Gasteiger partial charge in [0.1, 0.15) is 10.8 Å². The van der Waals surface area contributed by atoms with Crippen molar-refractivity contribution in [2.45, 2.75) is 19.8 Å². The molecule has 5 nitrogen and oxygen atoms in total. The summed E-state index contributed by atoms with van der Waals surface area (Å²) in [7, 11) is 0. The Bertz CT molecular complexity index is 986. The number of hydrogen-bond donors (Lipinski definition) is 1. The third kappa shape index (κ3) is 6.50. The molecule has 0 unspecified atom stereocenters. The van der Waals surface area contributed by atoms with Gasteiger partial charge in [-0.25, -0.2) is 9.37 Å². The molecule has 150 valence electrons. The second-order valence-corrected chi connectivity index (χ2v) is 7.44. The first-order chi connectivity index (χ1) is 14.0. The van der Waals surface area contributed by atoms with Gasteiger partial charge in [-0.1, -0.05) is 35.9 Å². The van der Waals surface area contributed by atoms with Gasteiger partial charge in [-0.3, -0.25) is 9.59 Å². The Morgan fingerprint density at radius 1 is 1.17 bits per heavy atom. The van der Waals surface area contributed by atoms with E-state index in [-0.39, 0.29) is 24.8 Å². The normalized spacial score (nSPS) is 10.6. The second-order valence-electron chi connectivity index (χ2n) is 6.58. The van der Waals surface area contributed by atoms with Crippen LogP contribution in [-0.4, -0.2) is 30.0 Å². The number of carbonyl (C=O) groups is 2. The van der Waals surface area contributed by atoms with E-state index in [0.29, 0.717) is 18.7 Å². The highest BCUT2D eigenvalue weighted by Gasteiger charge is 2.12. The number of ether oxygens (including phenoxy) is 1. The van der Waals surface area contributed by atoms with Gasteiger partial charge < -0.3 is 10.1 Å². The summed E-state index contributed by atoms with van der Waals surface area (Å²) in [6, 6.07) is 14.1. The fourth-order valence-corrected chi connectivity index (χ4v) is 3.51. The molecule has 0 saturated carbocycles. The number of rotatable bonds is 8. The van der Waals surface area contributed by atoms with Gasteiger partial charge in [0.15, 0.2) is 6.61 Å². The molecule has 1 N–H and O–H groups in total. The Kier molecular flexibility index (Phi) is 7.08. The topological polar surface area (TPSA) is 68.3 Å². The predicted octanol–water partition coefficient (Wildman–Crippen LogP) is 3.70. The van der Waals surface area contributed by atoms with Gasteiger partial charge in [-0.2, -0.15) is 0 Å². The van der Waals surface area contributed by atoms with Crippen LogP contribution in [0.2, 0.25) is 0 Å². The molecule has 1 aromatic heterocycles. The summed E-state index contributed by atoms with van der Waals surface area (Å²) in [4.78, 5) is 28.2. The number of hydrogen-bond acceptors (Lipinski definition) is 5. The van der Waals surface area contributed by atoms with Gasteiger partial charge in [0, 0.05) is 17.5 Å². The number of amides is 1. The molecular weight excluding hydrogens is 391 g/mol. The first-order valence-corrected chi connectivity index (χ1v) is 10.1. The number of benzene rings is 2. The number of esters is 1. The molecule has 0 fully saturated rings. The van der Waals surface area contributed by atoms with E-state index in [1.807, 2.05) is 36.6 Å². The van der Waals surface area contributed by atoms with Crippen molar-refractivity contribution in [3.63, 3.8) is 0 Å². The SMILES string of the molecule is Cc1cccc(-c2nc(CC(=O)OCC(=O)NCCc3ccc(F)cc3)cs2)c1. The van der Waals surface area contributed by atoms with Crippen LogP contribution < -0.4 is 5.32 Å². The monoisotopic (exact) mass is 412 g/mol. The minimum absolute atomic E-state index is 0.0190. The van der Waals surface area contributed by atoms with Crippen LogP contribution >= 0.6 is 11.3 Å². The molecule has 29 heavy (non-hydrogen) atoms. The van der Waals surface area contributed by atoms with E-state index in [0.717, 1.165) is 21.7 Å². The summed E-state index contributed by atoms with van der Waals surface area (Å²) in [5.41, 5.74) is 3.68. The molecule has 0 spiro atoms. The van der Waals surface area contributed by atoms with Crippen LogP contribution in [0.3, 0.4) is 0 Å². The standard InChI is InChI=1S/C22H21FN2O3S/c1-15-3-2-4-17(11-15)22-25-19(14-29-22)12-21(27)28-13-20(26)24-10-9-16-5-7-18(23)8-6-16/h2-8,11,14H,9-10,12-13H2,1H3,(H,24,26). The predicted molar refractivity (Wildman–Crippen MR) is 110 cm³/mol. The van der Waals surface area contributed by atoms with E-state index in [4.69, 9.17) is 4.74 Å². The Morgan fingerprint density at radius 3 is 2.72 bits per heavy atom. The van der Waals surface area contributed by atoms with Gasteiger partial charge in [-0.15, -0.1) is 11.3 Å². The summed E-state index contributed by atoms with van der Waals surface area (Å²) in [5, 5.41) is 5.34. The highest BCUT2D eigenvalue weighted by Crippen LogP contribution is 2.24. The maximum atomic E-state index is 12.9. The first-order valence-electron chi connectivity index (χ1n) is 9.18. The van der Waals surface area contributed by atoms with Crippen molar-refractivity contribution in [3.8, 4) is 10.6 Å². The maximum Gasteiger partial charge on any atom is 0.312 e. The lowest BCUT2D eigenvalue weighted by Gasteiger charge is -2.06. The molecule has 3 rings (SSSR count). The van der Waals surface area contributed by atoms with Crippen molar-refractivity contribution >= 4 is 23.2 Å². The molecule has 0 aliphatic carbocycles. The number of nitrogens with zero attached hydrogens (tertiary/aromatic N) is 1. The number of thiazole rings is 1. The molecule has 0 aliphatic rings. The summed E-state index contributed by atoms with van der Waals surface area (Å²) in [6.07, 6.45) is 0.589. The van der Waals surface area contributed by atoms with Crippen LogP contribution in [-0.2, 0) is 27.2 Å². The highest BCUT2D eigenvalue weighted by atomic mass is 32.1. The van der Waals surface area contributed by atoms with Crippen LogP contribution in [0.4, 0.5) is 4.39 Å². The Balaban J connectivity index is 1.39. The maximum absolute atomic E-state index is 12.9. The van der Waals surface area contributed by atoms with Crippen molar-refractivity contribution in [2.24, 2.45) is 0 Å². The molecule has 0 atom stereocenters. The van der Waals surface area contributed by atoms with E-state index in [2.05, 4.69) is 10.3 Å². The zero-order valence-electron chi connectivity index (χ0n) is 16.0. The third-order valence-electron chi connectivity index (χ3n) is 4.16. The molecule has 2 aromatic carbocycles. The lowest BCUT2D eigenvalue weighted by atomic mass is 10.1. The second kappa shape index (κ2) is 9.93. The van der Waals surface area contributed by atoms with Crippen molar-refractivity contribution in [3.05, 3.63) is 76.5 Å².